The summed E-state index contributed by atoms with van der Waals surface area (Å²) in [5, 5.41) is 5.73. The van der Waals surface area contributed by atoms with Crippen LogP contribution in [0.15, 0.2) is 18.2 Å². The van der Waals surface area contributed by atoms with E-state index in [1.54, 1.807) is 12.1 Å². The molecule has 2 aliphatic rings. The fourth-order valence-electron chi connectivity index (χ4n) is 3.88. The molecule has 7 heteroatoms. The second kappa shape index (κ2) is 7.24. The number of hydrogen-bond donors (Lipinski definition) is 3. The molecule has 1 saturated heterocycles. The van der Waals surface area contributed by atoms with Gasteiger partial charge in [-0.3, -0.25) is 14.5 Å². The van der Waals surface area contributed by atoms with Gasteiger partial charge >= 0.3 is 0 Å². The van der Waals surface area contributed by atoms with Gasteiger partial charge in [0.1, 0.15) is 5.82 Å². The van der Waals surface area contributed by atoms with Crippen molar-refractivity contribution in [1.29, 1.82) is 0 Å². The molecule has 0 atom stereocenters. The fraction of sp³-hybridized carbons (Fsp3) is 0.333. The number of nitrogens with one attached hydrogen (secondary N) is 3. The number of carbonyl (C=O) groups excluding carboxylic acids is 2. The number of likely N-dealkylation sites (tertiary alicyclic amines) is 1. The highest BCUT2D eigenvalue weighted by Gasteiger charge is 2.25. The van der Waals surface area contributed by atoms with Crippen LogP contribution in [0.3, 0.4) is 0 Å². The second-order valence-corrected chi connectivity index (χ2v) is 7.40. The van der Waals surface area contributed by atoms with Crippen LogP contribution in [0.25, 0.3) is 11.6 Å². The quantitative estimate of drug-likeness (QED) is 0.710. The van der Waals surface area contributed by atoms with Gasteiger partial charge in [0.15, 0.2) is 0 Å². The number of aromatic nitrogens is 1. The van der Waals surface area contributed by atoms with Gasteiger partial charge in [0.05, 0.1) is 17.8 Å². The molecule has 0 radical (unpaired) electrons. The molecule has 0 aliphatic carbocycles. The smallest absolute Gasteiger partial charge is 0.256 e. The highest BCUT2D eigenvalue weighted by atomic mass is 19.1. The molecule has 1 aromatic heterocycles. The number of aryl methyl sites for hydroxylation is 1. The lowest BCUT2D eigenvalue weighted by molar-refractivity contribution is -0.117. The molecule has 2 aromatic rings. The van der Waals surface area contributed by atoms with Crippen LogP contribution in [0, 0.1) is 19.7 Å². The van der Waals surface area contributed by atoms with Crippen LogP contribution >= 0.6 is 0 Å². The zero-order chi connectivity index (χ0) is 19.8. The Kier molecular flexibility index (Phi) is 4.77. The summed E-state index contributed by atoms with van der Waals surface area (Å²) in [5.74, 6) is -0.709. The number of nitrogens with zero attached hydrogens (tertiary/aromatic N) is 1. The number of halogens is 1. The maximum atomic E-state index is 13.6. The van der Waals surface area contributed by atoms with Crippen LogP contribution in [0.1, 0.15) is 35.4 Å². The van der Waals surface area contributed by atoms with E-state index < -0.39 is 5.82 Å². The molecule has 0 spiro atoms. The number of benzene rings is 1. The van der Waals surface area contributed by atoms with Crippen molar-refractivity contribution < 1.29 is 14.0 Å². The number of H-pyrrole nitrogens is 1. The van der Waals surface area contributed by atoms with E-state index in [-0.39, 0.29) is 11.8 Å². The minimum atomic E-state index is -0.393. The first-order valence-corrected chi connectivity index (χ1v) is 9.46. The molecule has 146 valence electrons. The number of fused-ring (bicyclic) bond motifs is 1. The molecule has 3 heterocycles. The van der Waals surface area contributed by atoms with Gasteiger partial charge in [-0.15, -0.1) is 0 Å². The van der Waals surface area contributed by atoms with Crippen LogP contribution in [-0.2, 0) is 9.59 Å². The van der Waals surface area contributed by atoms with Gasteiger partial charge < -0.3 is 15.6 Å². The highest BCUT2D eigenvalue weighted by molar-refractivity contribution is 6.34. The second-order valence-electron chi connectivity index (χ2n) is 7.40. The van der Waals surface area contributed by atoms with Crippen LogP contribution in [0.4, 0.5) is 15.8 Å². The van der Waals surface area contributed by atoms with E-state index in [4.69, 9.17) is 0 Å². The van der Waals surface area contributed by atoms with Crippen molar-refractivity contribution in [2.45, 2.75) is 26.7 Å². The Balaban J connectivity index is 1.59. The van der Waals surface area contributed by atoms with Gasteiger partial charge in [-0.05, 0) is 69.6 Å². The zero-order valence-electron chi connectivity index (χ0n) is 16.0. The van der Waals surface area contributed by atoms with Crippen LogP contribution in [0.2, 0.25) is 0 Å². The Morgan fingerprint density at radius 1 is 1.29 bits per heavy atom. The maximum Gasteiger partial charge on any atom is 0.256 e. The maximum absolute atomic E-state index is 13.6. The lowest BCUT2D eigenvalue weighted by atomic mass is 10.0. The van der Waals surface area contributed by atoms with Gasteiger partial charge in [0.2, 0.25) is 5.91 Å². The summed E-state index contributed by atoms with van der Waals surface area (Å²) in [5.41, 5.74) is 4.64. The van der Waals surface area contributed by atoms with Gasteiger partial charge in [-0.1, -0.05) is 0 Å². The Morgan fingerprint density at radius 3 is 2.79 bits per heavy atom. The molecule has 1 fully saturated rings. The van der Waals surface area contributed by atoms with Gasteiger partial charge in [0.25, 0.3) is 5.91 Å². The highest BCUT2D eigenvalue weighted by Crippen LogP contribution is 2.35. The summed E-state index contributed by atoms with van der Waals surface area (Å²) < 4.78 is 13.6. The number of anilines is 2. The summed E-state index contributed by atoms with van der Waals surface area (Å²) in [7, 11) is 0. The van der Waals surface area contributed by atoms with Crippen molar-refractivity contribution in [2.24, 2.45) is 0 Å². The first kappa shape index (κ1) is 18.4. The van der Waals surface area contributed by atoms with Gasteiger partial charge in [0, 0.05) is 22.6 Å². The molecule has 6 nitrogen and oxygen atoms in total. The molecule has 2 amide bonds. The normalized spacial score (nSPS) is 17.8. The largest absolute Gasteiger partial charge is 0.357 e. The Labute approximate surface area is 162 Å². The van der Waals surface area contributed by atoms with E-state index >= 15 is 0 Å². The van der Waals surface area contributed by atoms with E-state index in [1.165, 1.54) is 12.1 Å². The van der Waals surface area contributed by atoms with Crippen LogP contribution in [-0.4, -0.2) is 41.3 Å². The van der Waals surface area contributed by atoms with Gasteiger partial charge in [-0.25, -0.2) is 4.39 Å². The number of amides is 2. The van der Waals surface area contributed by atoms with E-state index in [9.17, 15) is 14.0 Å². The van der Waals surface area contributed by atoms with Crippen molar-refractivity contribution in [3.63, 3.8) is 0 Å². The van der Waals surface area contributed by atoms with Crippen molar-refractivity contribution in [1.82, 2.24) is 9.88 Å². The number of rotatable bonds is 4. The topological polar surface area (TPSA) is 77.2 Å². The summed E-state index contributed by atoms with van der Waals surface area (Å²) >= 11 is 0. The summed E-state index contributed by atoms with van der Waals surface area (Å²) in [4.78, 5) is 30.1. The first-order valence-electron chi connectivity index (χ1n) is 9.46. The average Bonchev–Trinajstić information content (AvgIpc) is 3.32. The lowest BCUT2D eigenvalue weighted by Gasteiger charge is -2.14. The minimum absolute atomic E-state index is 0.0441. The average molecular weight is 382 g/mol. The molecular formula is C21H23FN4O2. The third-order valence-electron chi connectivity index (χ3n) is 5.36. The molecule has 28 heavy (non-hydrogen) atoms. The standard InChI is InChI=1S/C21H23FN4O2/c1-12-18(10-16-15-9-14(22)5-6-17(15)24-21(16)28)23-13(2)20(12)25-19(27)11-26-7-3-4-8-26/h5-6,9-10,23H,3-4,7-8,11H2,1-2H3,(H,24,28)(H,25,27). The molecule has 0 bridgehead atoms. The molecule has 4 rings (SSSR count). The van der Waals surface area contributed by atoms with Gasteiger partial charge in [-0.2, -0.15) is 0 Å². The fourth-order valence-corrected chi connectivity index (χ4v) is 3.88. The van der Waals surface area contributed by atoms with Crippen molar-refractivity contribution >= 4 is 34.8 Å². The van der Waals surface area contributed by atoms with E-state index in [1.807, 2.05) is 13.8 Å². The summed E-state index contributed by atoms with van der Waals surface area (Å²) in [6.07, 6.45) is 3.98. The third kappa shape index (κ3) is 3.45. The van der Waals surface area contributed by atoms with Crippen LogP contribution < -0.4 is 10.6 Å². The molecule has 2 aliphatic heterocycles. The van der Waals surface area contributed by atoms with E-state index in [0.29, 0.717) is 23.4 Å². The number of carbonyl (C=O) groups is 2. The van der Waals surface area contributed by atoms with Crippen molar-refractivity contribution in [2.75, 3.05) is 30.3 Å². The van der Waals surface area contributed by atoms with E-state index in [0.717, 1.165) is 48.6 Å². The predicted octanol–water partition coefficient (Wildman–Crippen LogP) is 3.30. The van der Waals surface area contributed by atoms with Crippen molar-refractivity contribution in [3.8, 4) is 0 Å². The summed E-state index contributed by atoms with van der Waals surface area (Å²) in [6.45, 7) is 6.07. The lowest BCUT2D eigenvalue weighted by Crippen LogP contribution is -2.31. The van der Waals surface area contributed by atoms with E-state index in [2.05, 4.69) is 20.5 Å². The Bertz CT molecular complexity index is 987. The van der Waals surface area contributed by atoms with Crippen molar-refractivity contribution in [3.05, 3.63) is 46.5 Å². The van der Waals surface area contributed by atoms with Crippen LogP contribution in [0.5, 0.6) is 0 Å². The Morgan fingerprint density at radius 2 is 2.04 bits per heavy atom. The third-order valence-corrected chi connectivity index (χ3v) is 5.36. The molecule has 0 unspecified atom stereocenters. The molecule has 3 N–H and O–H groups in total. The monoisotopic (exact) mass is 382 g/mol. The first-order chi connectivity index (χ1) is 13.4. The number of hydrogen-bond acceptors (Lipinski definition) is 3. The molecule has 0 saturated carbocycles. The minimum Gasteiger partial charge on any atom is -0.357 e. The Hall–Kier alpha value is -2.93. The predicted molar refractivity (Wildman–Crippen MR) is 107 cm³/mol. The molecular weight excluding hydrogens is 359 g/mol. The molecule has 1 aromatic carbocycles. The number of aromatic amines is 1. The SMILES string of the molecule is Cc1[nH]c(C=C2C(=O)Nc3ccc(F)cc32)c(C)c1NC(=O)CN1CCCC1. The summed E-state index contributed by atoms with van der Waals surface area (Å²) in [6, 6.07) is 4.23. The zero-order valence-corrected chi connectivity index (χ0v) is 16.0.